The highest BCUT2D eigenvalue weighted by Crippen LogP contribution is 2.70. The molecule has 16 rings (SSSR count). The van der Waals surface area contributed by atoms with Crippen molar-refractivity contribution in [3.05, 3.63) is 242 Å². The van der Waals surface area contributed by atoms with E-state index in [1.54, 1.807) is 11.1 Å². The van der Waals surface area contributed by atoms with Crippen LogP contribution in [0.4, 0.5) is 34.1 Å². The average Bonchev–Trinajstić information content (AvgIpc) is 3.72. The Hall–Kier alpha value is -7.94. The fourth-order valence-corrected chi connectivity index (χ4v) is 14.9. The molecule has 4 fully saturated rings. The van der Waals surface area contributed by atoms with E-state index in [2.05, 4.69) is 240 Å². The number of para-hydroxylation sites is 2. The second kappa shape index (κ2) is 15.5. The summed E-state index contributed by atoms with van der Waals surface area (Å²) in [6.45, 7) is 0. The molecule has 0 radical (unpaired) electrons. The van der Waals surface area contributed by atoms with Crippen molar-refractivity contribution in [1.82, 2.24) is 0 Å². The van der Waals surface area contributed by atoms with Crippen LogP contribution in [0.3, 0.4) is 0 Å². The van der Waals surface area contributed by atoms with Crippen LogP contribution in [0.2, 0.25) is 0 Å². The first-order chi connectivity index (χ1) is 34.7. The molecule has 4 saturated carbocycles. The molecule has 0 N–H and O–H groups in total. The number of hydrogen-bond donors (Lipinski definition) is 0. The SMILES string of the molecule is c1ccc(-c2cc(-c3ccccc3)cc(N(c3cccc4c3-c3ccccc3C43C4CC5CC(C4)CC3C5)c3ccc4ccc5c(N(c6ccccc6)c6ccccc6)ccc6ccc3c4c65)c2)cc1. The van der Waals surface area contributed by atoms with Gasteiger partial charge in [0.25, 0.3) is 0 Å². The summed E-state index contributed by atoms with van der Waals surface area (Å²) < 4.78 is 0. The van der Waals surface area contributed by atoms with Gasteiger partial charge in [0.1, 0.15) is 0 Å². The Labute approximate surface area is 410 Å². The Bertz CT molecular complexity index is 3660. The fraction of sp³-hybridized carbons (Fsp3) is 0.147. The summed E-state index contributed by atoms with van der Waals surface area (Å²) in [6, 6.07) is 86.8. The van der Waals surface area contributed by atoms with Crippen LogP contribution in [-0.2, 0) is 5.41 Å². The first-order valence-corrected chi connectivity index (χ1v) is 25.6. The molecule has 2 heteroatoms. The van der Waals surface area contributed by atoms with Gasteiger partial charge in [0.05, 0.1) is 17.1 Å². The molecule has 0 saturated heterocycles. The van der Waals surface area contributed by atoms with E-state index in [1.165, 1.54) is 115 Å². The van der Waals surface area contributed by atoms with Gasteiger partial charge >= 0.3 is 0 Å². The summed E-state index contributed by atoms with van der Waals surface area (Å²) in [5, 5.41) is 7.58. The molecule has 11 aromatic rings. The second-order valence-corrected chi connectivity index (χ2v) is 20.9. The maximum absolute atomic E-state index is 2.66. The lowest BCUT2D eigenvalue weighted by atomic mass is 9.43. The number of anilines is 6. The summed E-state index contributed by atoms with van der Waals surface area (Å²) in [5.74, 6) is 3.12. The van der Waals surface area contributed by atoms with E-state index in [0.29, 0.717) is 11.8 Å². The fourth-order valence-electron chi connectivity index (χ4n) is 14.9. The first kappa shape index (κ1) is 40.0. The maximum atomic E-state index is 2.66. The van der Waals surface area contributed by atoms with Gasteiger partial charge in [-0.25, -0.2) is 0 Å². The van der Waals surface area contributed by atoms with E-state index in [0.717, 1.165) is 28.9 Å². The van der Waals surface area contributed by atoms with Crippen molar-refractivity contribution in [1.29, 1.82) is 0 Å². The summed E-state index contributed by atoms with van der Waals surface area (Å²) in [5.41, 5.74) is 17.9. The van der Waals surface area contributed by atoms with Gasteiger partial charge in [-0.15, -0.1) is 0 Å². The van der Waals surface area contributed by atoms with Crippen LogP contribution in [0.1, 0.15) is 43.2 Å². The molecule has 0 aliphatic heterocycles. The van der Waals surface area contributed by atoms with Gasteiger partial charge in [0.15, 0.2) is 0 Å². The lowest BCUT2D eigenvalue weighted by Gasteiger charge is -2.61. The highest BCUT2D eigenvalue weighted by molar-refractivity contribution is 6.28. The minimum Gasteiger partial charge on any atom is -0.310 e. The van der Waals surface area contributed by atoms with Gasteiger partial charge in [-0.05, 0) is 177 Å². The van der Waals surface area contributed by atoms with Gasteiger partial charge in [-0.2, -0.15) is 0 Å². The van der Waals surface area contributed by atoms with Crippen molar-refractivity contribution in [2.45, 2.75) is 37.5 Å². The molecule has 4 bridgehead atoms. The summed E-state index contributed by atoms with van der Waals surface area (Å²) in [7, 11) is 0. The van der Waals surface area contributed by atoms with Crippen molar-refractivity contribution >= 4 is 66.4 Å². The van der Waals surface area contributed by atoms with Gasteiger partial charge in [0.2, 0.25) is 0 Å². The minimum atomic E-state index is 0.0462. The number of nitrogens with zero attached hydrogens (tertiary/aromatic N) is 2. The molecule has 5 aliphatic carbocycles. The molecule has 0 amide bonds. The number of hydrogen-bond acceptors (Lipinski definition) is 2. The molecular weight excluding hydrogens is 845 g/mol. The Kier molecular flexibility index (Phi) is 8.88. The average molecular weight is 897 g/mol. The summed E-state index contributed by atoms with van der Waals surface area (Å²) in [4.78, 5) is 5.08. The van der Waals surface area contributed by atoms with E-state index in [9.17, 15) is 0 Å². The highest BCUT2D eigenvalue weighted by atomic mass is 15.2. The van der Waals surface area contributed by atoms with Crippen molar-refractivity contribution in [3.63, 3.8) is 0 Å². The largest absolute Gasteiger partial charge is 0.310 e. The standard InChI is InChI=1S/C68H52N2/c1-5-16-46(17-6-1)50-41-51(47-18-7-2-8-19-47)43-56(42-50)70(64-27-15-26-61-67(64)57-24-13-14-25-60(57)68(61)52-37-44-36-45(39-52)40-53(68)38-44)63-35-31-49-28-32-58-62(34-30-48-29-33-59(63)66(49)65(48)58)69(54-20-9-3-10-21-54)55-22-11-4-12-23-55/h1-35,41-45,52-53H,36-40H2. The van der Waals surface area contributed by atoms with Crippen LogP contribution >= 0.6 is 0 Å². The van der Waals surface area contributed by atoms with Crippen molar-refractivity contribution in [2.24, 2.45) is 23.7 Å². The van der Waals surface area contributed by atoms with Crippen LogP contribution in [0.5, 0.6) is 0 Å². The van der Waals surface area contributed by atoms with E-state index in [4.69, 9.17) is 0 Å². The zero-order valence-corrected chi connectivity index (χ0v) is 39.2. The van der Waals surface area contributed by atoms with E-state index < -0.39 is 0 Å². The van der Waals surface area contributed by atoms with Gasteiger partial charge in [-0.3, -0.25) is 0 Å². The monoisotopic (exact) mass is 896 g/mol. The van der Waals surface area contributed by atoms with Gasteiger partial charge in [0, 0.05) is 38.8 Å². The Morgan fingerprint density at radius 2 is 0.800 bits per heavy atom. The van der Waals surface area contributed by atoms with E-state index in [-0.39, 0.29) is 5.41 Å². The third kappa shape index (κ3) is 5.86. The molecule has 1 spiro atoms. The van der Waals surface area contributed by atoms with E-state index >= 15 is 0 Å². The molecule has 0 heterocycles. The lowest BCUT2D eigenvalue weighted by Crippen LogP contribution is -2.55. The third-order valence-electron chi connectivity index (χ3n) is 17.3. The van der Waals surface area contributed by atoms with Crippen LogP contribution in [0, 0.1) is 23.7 Å². The Morgan fingerprint density at radius 3 is 1.36 bits per heavy atom. The van der Waals surface area contributed by atoms with Crippen molar-refractivity contribution in [3.8, 4) is 33.4 Å². The minimum absolute atomic E-state index is 0.0462. The van der Waals surface area contributed by atoms with Crippen LogP contribution in [-0.4, -0.2) is 0 Å². The highest BCUT2D eigenvalue weighted by Gasteiger charge is 2.62. The van der Waals surface area contributed by atoms with E-state index in [1.807, 2.05) is 0 Å². The topological polar surface area (TPSA) is 6.48 Å². The maximum Gasteiger partial charge on any atom is 0.0543 e. The normalized spacial score (nSPS) is 20.6. The number of rotatable bonds is 8. The Morgan fingerprint density at radius 1 is 0.329 bits per heavy atom. The van der Waals surface area contributed by atoms with Crippen LogP contribution in [0.15, 0.2) is 231 Å². The zero-order valence-electron chi connectivity index (χ0n) is 39.2. The first-order valence-electron chi connectivity index (χ1n) is 25.6. The summed E-state index contributed by atoms with van der Waals surface area (Å²) >= 11 is 0. The van der Waals surface area contributed by atoms with Crippen molar-refractivity contribution in [2.75, 3.05) is 9.80 Å². The Balaban J connectivity index is 1.02. The molecule has 334 valence electrons. The van der Waals surface area contributed by atoms with Gasteiger partial charge in [-0.1, -0.05) is 170 Å². The molecule has 0 aromatic heterocycles. The lowest BCUT2D eigenvalue weighted by molar-refractivity contribution is -0.0399. The molecule has 2 nitrogen and oxygen atoms in total. The predicted molar refractivity (Wildman–Crippen MR) is 294 cm³/mol. The second-order valence-electron chi connectivity index (χ2n) is 20.9. The molecule has 5 aliphatic rings. The van der Waals surface area contributed by atoms with Crippen LogP contribution in [0.25, 0.3) is 65.7 Å². The summed E-state index contributed by atoms with van der Waals surface area (Å²) in [6.07, 6.45) is 6.88. The number of fused-ring (bicyclic) bond motifs is 3. The van der Waals surface area contributed by atoms with Crippen LogP contribution < -0.4 is 9.80 Å². The van der Waals surface area contributed by atoms with Crippen molar-refractivity contribution < 1.29 is 0 Å². The zero-order chi connectivity index (χ0) is 45.9. The molecule has 70 heavy (non-hydrogen) atoms. The van der Waals surface area contributed by atoms with Gasteiger partial charge < -0.3 is 9.80 Å². The molecule has 0 unspecified atom stereocenters. The smallest absolute Gasteiger partial charge is 0.0543 e. The molecule has 11 aromatic carbocycles. The molecule has 0 atom stereocenters. The predicted octanol–water partition coefficient (Wildman–Crippen LogP) is 18.6. The number of benzene rings is 11. The quantitative estimate of drug-likeness (QED) is 0.140. The third-order valence-corrected chi connectivity index (χ3v) is 17.3. The molecular formula is C68H52N2.